The van der Waals surface area contributed by atoms with Gasteiger partial charge in [0.1, 0.15) is 17.6 Å². The fraction of sp³-hybridized carbons (Fsp3) is 0.450. The Balaban J connectivity index is 1.41. The Bertz CT molecular complexity index is 991. The Hall–Kier alpha value is -2.87. The first-order valence-electron chi connectivity index (χ1n) is 9.79. The van der Waals surface area contributed by atoms with E-state index in [1.807, 2.05) is 29.2 Å². The average molecular weight is 381 g/mol. The molecule has 2 aliphatic heterocycles. The minimum Gasteiger partial charge on any atom is -0.463 e. The van der Waals surface area contributed by atoms with E-state index in [1.54, 1.807) is 10.8 Å². The van der Waals surface area contributed by atoms with Gasteiger partial charge >= 0.3 is 0 Å². The molecule has 5 rings (SSSR count). The van der Waals surface area contributed by atoms with E-state index in [2.05, 4.69) is 5.10 Å². The zero-order valence-corrected chi connectivity index (χ0v) is 15.6. The number of furan rings is 1. The monoisotopic (exact) mass is 381 g/mol. The van der Waals surface area contributed by atoms with Gasteiger partial charge < -0.3 is 19.8 Å². The zero-order chi connectivity index (χ0) is 19.1. The number of carbonyl (C=O) groups excluding carboxylic acids is 1. The molecule has 5 heterocycles. The number of piperidine rings is 1. The Morgan fingerprint density at radius 2 is 2.18 bits per heavy atom. The van der Waals surface area contributed by atoms with Crippen molar-refractivity contribution in [2.24, 2.45) is 0 Å². The van der Waals surface area contributed by atoms with E-state index >= 15 is 0 Å². The summed E-state index contributed by atoms with van der Waals surface area (Å²) in [5.74, 6) is 1.48. The summed E-state index contributed by atoms with van der Waals surface area (Å²) in [5, 5.41) is 4.49. The van der Waals surface area contributed by atoms with Crippen LogP contribution in [0.1, 0.15) is 37.3 Å². The highest BCUT2D eigenvalue weighted by molar-refractivity contribution is 5.81. The molecule has 0 radical (unpaired) electrons. The van der Waals surface area contributed by atoms with Gasteiger partial charge in [0.25, 0.3) is 5.91 Å². The van der Waals surface area contributed by atoms with Crippen LogP contribution in [0, 0.1) is 0 Å². The van der Waals surface area contributed by atoms with Gasteiger partial charge in [0.05, 0.1) is 12.0 Å². The molecular formula is C20H23N5O3. The van der Waals surface area contributed by atoms with Crippen molar-refractivity contribution >= 4 is 17.4 Å². The second kappa shape index (κ2) is 6.94. The van der Waals surface area contributed by atoms with Crippen molar-refractivity contribution in [2.75, 3.05) is 25.4 Å². The minimum absolute atomic E-state index is 0.112. The molecule has 3 aromatic rings. The number of ether oxygens (including phenoxy) is 1. The van der Waals surface area contributed by atoms with Gasteiger partial charge in [-0.2, -0.15) is 9.61 Å². The van der Waals surface area contributed by atoms with Crippen LogP contribution < -0.4 is 5.73 Å². The lowest BCUT2D eigenvalue weighted by atomic mass is 9.94. The molecule has 0 aliphatic carbocycles. The second-order valence-corrected chi connectivity index (χ2v) is 7.51. The highest BCUT2D eigenvalue weighted by atomic mass is 16.5. The number of nitrogens with two attached hydrogens (primary N) is 1. The lowest BCUT2D eigenvalue weighted by Crippen LogP contribution is -2.44. The number of likely N-dealkylation sites (tertiary alicyclic amines) is 1. The first-order chi connectivity index (χ1) is 13.7. The molecule has 2 saturated heterocycles. The number of nitrogens with zero attached hydrogens (tertiary/aromatic N) is 4. The number of rotatable bonds is 3. The van der Waals surface area contributed by atoms with E-state index in [1.165, 1.54) is 0 Å². The maximum Gasteiger partial charge on any atom is 0.251 e. The third-order valence-electron chi connectivity index (χ3n) is 5.60. The topological polar surface area (TPSA) is 98.9 Å². The predicted octanol–water partition coefficient (Wildman–Crippen LogP) is 2.46. The molecule has 28 heavy (non-hydrogen) atoms. The van der Waals surface area contributed by atoms with E-state index < -0.39 is 0 Å². The van der Waals surface area contributed by atoms with E-state index in [-0.39, 0.29) is 17.9 Å². The van der Waals surface area contributed by atoms with Crippen molar-refractivity contribution in [1.29, 1.82) is 0 Å². The van der Waals surface area contributed by atoms with Gasteiger partial charge in [0, 0.05) is 37.7 Å². The Morgan fingerprint density at radius 3 is 2.96 bits per heavy atom. The van der Waals surface area contributed by atoms with E-state index in [0.717, 1.165) is 37.9 Å². The summed E-state index contributed by atoms with van der Waals surface area (Å²) >= 11 is 0. The van der Waals surface area contributed by atoms with Gasteiger partial charge in [-0.3, -0.25) is 4.79 Å². The van der Waals surface area contributed by atoms with E-state index in [0.29, 0.717) is 36.1 Å². The summed E-state index contributed by atoms with van der Waals surface area (Å²) in [4.78, 5) is 19.4. The van der Waals surface area contributed by atoms with Crippen molar-refractivity contribution in [3.8, 4) is 11.5 Å². The van der Waals surface area contributed by atoms with Gasteiger partial charge in [0.2, 0.25) is 0 Å². The van der Waals surface area contributed by atoms with Gasteiger partial charge in [-0.25, -0.2) is 4.98 Å². The average Bonchev–Trinajstić information content (AvgIpc) is 3.48. The Kier molecular flexibility index (Phi) is 4.27. The number of aromatic nitrogens is 3. The fourth-order valence-electron chi connectivity index (χ4n) is 4.17. The summed E-state index contributed by atoms with van der Waals surface area (Å²) < 4.78 is 12.6. The van der Waals surface area contributed by atoms with Crippen LogP contribution in [0.3, 0.4) is 0 Å². The Labute approximate surface area is 162 Å². The largest absolute Gasteiger partial charge is 0.463 e. The maximum atomic E-state index is 12.7. The van der Waals surface area contributed by atoms with Gasteiger partial charge in [-0.15, -0.1) is 0 Å². The molecule has 8 nitrogen and oxygen atoms in total. The fourth-order valence-corrected chi connectivity index (χ4v) is 4.17. The molecule has 2 N–H and O–H groups in total. The van der Waals surface area contributed by atoms with Crippen molar-refractivity contribution in [3.63, 3.8) is 0 Å². The van der Waals surface area contributed by atoms with Gasteiger partial charge in [-0.05, 0) is 37.8 Å². The van der Waals surface area contributed by atoms with Crippen molar-refractivity contribution in [1.82, 2.24) is 19.5 Å². The molecule has 0 unspecified atom stereocenters. The standard InChI is InChI=1S/C20H23N5O3/c21-18-10-14(22-19-11-15(23-25(18)19)16-5-2-8-27-16)13-4-1-7-24(12-13)20(26)17-6-3-9-28-17/h2,5,8,10-11,13,17H,1,3-4,6-7,9,12,21H2/t13-,17-/m1/s1. The van der Waals surface area contributed by atoms with Crippen molar-refractivity contribution in [3.05, 3.63) is 36.2 Å². The quantitative estimate of drug-likeness (QED) is 0.748. The minimum atomic E-state index is -0.273. The molecule has 1 amide bonds. The zero-order valence-electron chi connectivity index (χ0n) is 15.6. The van der Waals surface area contributed by atoms with E-state index in [4.69, 9.17) is 19.9 Å². The van der Waals surface area contributed by atoms with Crippen LogP contribution in [0.4, 0.5) is 5.82 Å². The number of carbonyl (C=O) groups is 1. The Morgan fingerprint density at radius 1 is 1.25 bits per heavy atom. The summed E-state index contributed by atoms with van der Waals surface area (Å²) in [7, 11) is 0. The van der Waals surface area contributed by atoms with E-state index in [9.17, 15) is 4.79 Å². The van der Waals surface area contributed by atoms with Crippen LogP contribution in [0.5, 0.6) is 0 Å². The third-order valence-corrected chi connectivity index (χ3v) is 5.60. The van der Waals surface area contributed by atoms with Gasteiger partial charge in [0.15, 0.2) is 11.4 Å². The van der Waals surface area contributed by atoms with Gasteiger partial charge in [-0.1, -0.05) is 0 Å². The van der Waals surface area contributed by atoms with Crippen LogP contribution >= 0.6 is 0 Å². The highest BCUT2D eigenvalue weighted by Gasteiger charge is 2.32. The molecule has 0 aromatic carbocycles. The number of nitrogen functional groups attached to an aromatic ring is 1. The lowest BCUT2D eigenvalue weighted by molar-refractivity contribution is -0.142. The highest BCUT2D eigenvalue weighted by Crippen LogP contribution is 2.30. The molecule has 0 spiro atoms. The number of anilines is 1. The molecule has 2 atom stereocenters. The predicted molar refractivity (Wildman–Crippen MR) is 103 cm³/mol. The molecule has 2 fully saturated rings. The first kappa shape index (κ1) is 17.2. The lowest BCUT2D eigenvalue weighted by Gasteiger charge is -2.34. The second-order valence-electron chi connectivity index (χ2n) is 7.51. The normalized spacial score (nSPS) is 22.8. The van der Waals surface area contributed by atoms with Crippen LogP contribution in [-0.4, -0.2) is 51.2 Å². The number of hydrogen-bond acceptors (Lipinski definition) is 6. The number of hydrogen-bond donors (Lipinski definition) is 1. The number of amides is 1. The molecular weight excluding hydrogens is 358 g/mol. The first-order valence-corrected chi connectivity index (χ1v) is 9.79. The summed E-state index contributed by atoms with van der Waals surface area (Å²) in [6, 6.07) is 7.42. The van der Waals surface area contributed by atoms with Crippen LogP contribution in [0.2, 0.25) is 0 Å². The summed E-state index contributed by atoms with van der Waals surface area (Å²) in [6.45, 7) is 2.12. The maximum absolute atomic E-state index is 12.7. The summed E-state index contributed by atoms with van der Waals surface area (Å²) in [6.07, 6.45) is 5.06. The van der Waals surface area contributed by atoms with Crippen molar-refractivity contribution < 1.29 is 13.9 Å². The van der Waals surface area contributed by atoms with Crippen LogP contribution in [0.25, 0.3) is 17.1 Å². The van der Waals surface area contributed by atoms with Crippen LogP contribution in [0.15, 0.2) is 34.9 Å². The smallest absolute Gasteiger partial charge is 0.251 e. The molecule has 0 saturated carbocycles. The van der Waals surface area contributed by atoms with Crippen molar-refractivity contribution in [2.45, 2.75) is 37.7 Å². The summed E-state index contributed by atoms with van der Waals surface area (Å²) in [5.41, 5.74) is 8.54. The SMILES string of the molecule is Nc1cc([C@@H]2CCCN(C(=O)[C@H]3CCCO3)C2)nc2cc(-c3ccco3)nn12. The molecule has 146 valence electrons. The number of fused-ring (bicyclic) bond motifs is 1. The molecule has 2 aliphatic rings. The third kappa shape index (κ3) is 3.03. The molecule has 3 aromatic heterocycles. The molecule has 8 heteroatoms. The molecule has 0 bridgehead atoms. The van der Waals surface area contributed by atoms with Crippen LogP contribution in [-0.2, 0) is 9.53 Å².